The third kappa shape index (κ3) is 2.53. The van der Waals surface area contributed by atoms with Crippen LogP contribution in [0.4, 0.5) is 5.82 Å². The minimum absolute atomic E-state index is 0.171. The van der Waals surface area contributed by atoms with E-state index in [4.69, 9.17) is 10.0 Å². The van der Waals surface area contributed by atoms with Crippen LogP contribution >= 0.6 is 0 Å². The molecule has 0 radical (unpaired) electrons. The van der Waals surface area contributed by atoms with E-state index in [1.807, 2.05) is 0 Å². The third-order valence-corrected chi connectivity index (χ3v) is 1.41. The molecule has 0 aliphatic heterocycles. The van der Waals surface area contributed by atoms with Crippen LogP contribution in [0, 0.1) is 0 Å². The van der Waals surface area contributed by atoms with Crippen molar-refractivity contribution in [3.05, 3.63) is 18.3 Å². The van der Waals surface area contributed by atoms with Crippen molar-refractivity contribution in [1.82, 2.24) is 4.98 Å². The lowest BCUT2D eigenvalue weighted by Crippen LogP contribution is -2.33. The van der Waals surface area contributed by atoms with Crippen LogP contribution in [-0.4, -0.2) is 28.1 Å². The largest absolute Gasteiger partial charge is 0.492 e. The summed E-state index contributed by atoms with van der Waals surface area (Å²) in [4.78, 5) is 14.5. The Hall–Kier alpha value is -1.40. The molecule has 0 aliphatic rings. The number of pyridine rings is 1. The van der Waals surface area contributed by atoms with Gasteiger partial charge in [-0.05, 0) is 6.07 Å². The minimum atomic E-state index is -1.63. The molecular weight excluding hydrogens is 171 g/mol. The number of hydrogen-bond donors (Lipinski definition) is 3. The molecule has 1 heterocycles. The van der Waals surface area contributed by atoms with Crippen LogP contribution in [-0.2, 0) is 4.79 Å². The molecule has 0 fully saturated rings. The number of amides is 1. The fourth-order valence-corrected chi connectivity index (χ4v) is 0.897. The van der Waals surface area contributed by atoms with Crippen molar-refractivity contribution in [2.24, 2.45) is 0 Å². The molecule has 13 heavy (non-hydrogen) atoms. The Kier molecular flexibility index (Phi) is 3.00. The van der Waals surface area contributed by atoms with Crippen molar-refractivity contribution >= 4 is 24.3 Å². The van der Waals surface area contributed by atoms with E-state index in [1.165, 1.54) is 19.2 Å². The molecule has 68 valence electrons. The van der Waals surface area contributed by atoms with E-state index in [0.717, 1.165) is 0 Å². The highest BCUT2D eigenvalue weighted by Crippen LogP contribution is 1.97. The minimum Gasteiger partial charge on any atom is -0.423 e. The smallest absolute Gasteiger partial charge is 0.423 e. The summed E-state index contributed by atoms with van der Waals surface area (Å²) in [6.07, 6.45) is 1.46. The van der Waals surface area contributed by atoms with E-state index in [-0.39, 0.29) is 17.2 Å². The Bertz CT molecular complexity index is 316. The van der Waals surface area contributed by atoms with Crippen LogP contribution in [0.25, 0.3) is 0 Å². The standard InChI is InChI=1S/C7H9BN2O3/c1-5(11)10-7-6(8(12)13)3-2-4-9-7/h2-4,12-13H,1H3,(H,9,10,11). The van der Waals surface area contributed by atoms with Crippen molar-refractivity contribution in [3.63, 3.8) is 0 Å². The topological polar surface area (TPSA) is 82.5 Å². The molecule has 5 nitrogen and oxygen atoms in total. The summed E-state index contributed by atoms with van der Waals surface area (Å²) >= 11 is 0. The SMILES string of the molecule is CC(=O)Nc1ncccc1B(O)O. The molecule has 0 bridgehead atoms. The summed E-state index contributed by atoms with van der Waals surface area (Å²) < 4.78 is 0. The lowest BCUT2D eigenvalue weighted by molar-refractivity contribution is -0.114. The fraction of sp³-hybridized carbons (Fsp3) is 0.143. The Labute approximate surface area is 75.6 Å². The van der Waals surface area contributed by atoms with Gasteiger partial charge in [-0.15, -0.1) is 0 Å². The molecule has 0 aliphatic carbocycles. The second-order valence-electron chi connectivity index (χ2n) is 2.50. The lowest BCUT2D eigenvalue weighted by Gasteiger charge is -2.06. The molecule has 3 N–H and O–H groups in total. The summed E-state index contributed by atoms with van der Waals surface area (Å²) in [5, 5.41) is 20.1. The lowest BCUT2D eigenvalue weighted by atomic mass is 9.80. The van der Waals surface area contributed by atoms with E-state index in [9.17, 15) is 4.79 Å². The molecule has 1 aromatic rings. The maximum absolute atomic E-state index is 10.7. The Morgan fingerprint density at radius 2 is 2.31 bits per heavy atom. The number of hydrogen-bond acceptors (Lipinski definition) is 4. The summed E-state index contributed by atoms with van der Waals surface area (Å²) in [6.45, 7) is 1.32. The third-order valence-electron chi connectivity index (χ3n) is 1.41. The van der Waals surface area contributed by atoms with Gasteiger partial charge in [-0.3, -0.25) is 4.79 Å². The average Bonchev–Trinajstić information content (AvgIpc) is 2.03. The van der Waals surface area contributed by atoms with Crippen LogP contribution in [0.1, 0.15) is 6.92 Å². The normalized spacial score (nSPS) is 9.46. The zero-order valence-electron chi connectivity index (χ0n) is 7.06. The highest BCUT2D eigenvalue weighted by atomic mass is 16.4. The first kappa shape index (κ1) is 9.69. The van der Waals surface area contributed by atoms with Gasteiger partial charge in [0.1, 0.15) is 5.82 Å². The van der Waals surface area contributed by atoms with E-state index >= 15 is 0 Å². The Morgan fingerprint density at radius 3 is 2.85 bits per heavy atom. The van der Waals surface area contributed by atoms with Gasteiger partial charge < -0.3 is 15.4 Å². The molecule has 1 rings (SSSR count). The molecule has 0 saturated heterocycles. The van der Waals surface area contributed by atoms with Gasteiger partial charge in [-0.1, -0.05) is 6.07 Å². The first-order valence-corrected chi connectivity index (χ1v) is 3.70. The van der Waals surface area contributed by atoms with Crippen molar-refractivity contribution < 1.29 is 14.8 Å². The van der Waals surface area contributed by atoms with Gasteiger partial charge in [0.05, 0.1) is 0 Å². The van der Waals surface area contributed by atoms with Crippen molar-refractivity contribution in [2.75, 3.05) is 5.32 Å². The molecule has 1 amide bonds. The van der Waals surface area contributed by atoms with Gasteiger partial charge in [-0.2, -0.15) is 0 Å². The molecular formula is C7H9BN2O3. The quantitative estimate of drug-likeness (QED) is 0.495. The predicted octanol–water partition coefficient (Wildman–Crippen LogP) is -1.28. The zero-order chi connectivity index (χ0) is 9.84. The van der Waals surface area contributed by atoms with E-state index < -0.39 is 7.12 Å². The first-order valence-electron chi connectivity index (χ1n) is 3.70. The van der Waals surface area contributed by atoms with Gasteiger partial charge in [-0.25, -0.2) is 4.98 Å². The van der Waals surface area contributed by atoms with Gasteiger partial charge >= 0.3 is 7.12 Å². The monoisotopic (exact) mass is 180 g/mol. The number of nitrogens with one attached hydrogen (secondary N) is 1. The van der Waals surface area contributed by atoms with E-state index in [1.54, 1.807) is 6.07 Å². The van der Waals surface area contributed by atoms with E-state index in [0.29, 0.717) is 0 Å². The van der Waals surface area contributed by atoms with Gasteiger partial charge in [0.15, 0.2) is 0 Å². The summed E-state index contributed by atoms with van der Waals surface area (Å²) in [5.74, 6) is -0.134. The van der Waals surface area contributed by atoms with Gasteiger partial charge in [0.25, 0.3) is 0 Å². The molecule has 1 aromatic heterocycles. The maximum atomic E-state index is 10.7. The zero-order valence-corrected chi connectivity index (χ0v) is 7.06. The van der Waals surface area contributed by atoms with Crippen LogP contribution in [0.2, 0.25) is 0 Å². The second kappa shape index (κ2) is 4.02. The number of nitrogens with zero attached hydrogens (tertiary/aromatic N) is 1. The van der Waals surface area contributed by atoms with Gasteiger partial charge in [0, 0.05) is 18.6 Å². The highest BCUT2D eigenvalue weighted by molar-refractivity contribution is 6.60. The van der Waals surface area contributed by atoms with Crippen LogP contribution in [0.15, 0.2) is 18.3 Å². The predicted molar refractivity (Wildman–Crippen MR) is 48.4 cm³/mol. The van der Waals surface area contributed by atoms with Crippen molar-refractivity contribution in [1.29, 1.82) is 0 Å². The molecule has 0 spiro atoms. The summed E-state index contributed by atoms with van der Waals surface area (Å²) in [6, 6.07) is 3.03. The van der Waals surface area contributed by atoms with Crippen LogP contribution < -0.4 is 10.8 Å². The number of carbonyl (C=O) groups excluding carboxylic acids is 1. The number of anilines is 1. The summed E-state index contributed by atoms with van der Waals surface area (Å²) in [7, 11) is -1.63. The van der Waals surface area contributed by atoms with Gasteiger partial charge in [0.2, 0.25) is 5.91 Å². The number of carbonyl (C=O) groups is 1. The molecule has 0 aromatic carbocycles. The van der Waals surface area contributed by atoms with Crippen LogP contribution in [0.3, 0.4) is 0 Å². The van der Waals surface area contributed by atoms with Crippen molar-refractivity contribution in [3.8, 4) is 0 Å². The highest BCUT2D eigenvalue weighted by Gasteiger charge is 2.16. The second-order valence-corrected chi connectivity index (χ2v) is 2.50. The Balaban J connectivity index is 2.97. The molecule has 6 heteroatoms. The molecule has 0 atom stereocenters. The Morgan fingerprint density at radius 1 is 1.62 bits per heavy atom. The van der Waals surface area contributed by atoms with E-state index in [2.05, 4.69) is 10.3 Å². The van der Waals surface area contributed by atoms with Crippen molar-refractivity contribution in [2.45, 2.75) is 6.92 Å². The maximum Gasteiger partial charge on any atom is 0.492 e. The van der Waals surface area contributed by atoms with Crippen LogP contribution in [0.5, 0.6) is 0 Å². The molecule has 0 unspecified atom stereocenters. The molecule has 0 saturated carbocycles. The fourth-order valence-electron chi connectivity index (χ4n) is 0.897. The average molecular weight is 180 g/mol. The number of rotatable bonds is 2. The first-order chi connectivity index (χ1) is 6.11. The summed E-state index contributed by atoms with van der Waals surface area (Å²) in [5.41, 5.74) is 0.178. The number of aromatic nitrogens is 1.